The van der Waals surface area contributed by atoms with Crippen molar-refractivity contribution in [3.8, 4) is 5.75 Å². The normalized spacial score (nSPS) is 11.4. The third-order valence-electron chi connectivity index (χ3n) is 3.18. The van der Waals surface area contributed by atoms with Crippen LogP contribution in [0.1, 0.15) is 37.7 Å². The summed E-state index contributed by atoms with van der Waals surface area (Å²) < 4.78 is 5.76. The molecule has 0 aliphatic heterocycles. The number of hydrogen-bond donors (Lipinski definition) is 1. The Kier molecular flexibility index (Phi) is 4.40. The van der Waals surface area contributed by atoms with Crippen molar-refractivity contribution < 1.29 is 4.74 Å². The molecular weight excluding hydrogens is 248 g/mol. The largest absolute Gasteiger partial charge is 0.487 e. The fraction of sp³-hybridized carbons (Fsp3) is 0.353. The predicted octanol–water partition coefficient (Wildman–Crippen LogP) is 3.42. The Hall–Kier alpha value is -1.87. The van der Waals surface area contributed by atoms with Crippen LogP contribution >= 0.6 is 0 Å². The maximum atomic E-state index is 5.76. The lowest BCUT2D eigenvalue weighted by molar-refractivity contribution is 0.301. The second kappa shape index (κ2) is 6.06. The van der Waals surface area contributed by atoms with Crippen molar-refractivity contribution >= 4 is 0 Å². The Bertz CT molecular complexity index is 556. The van der Waals surface area contributed by atoms with Gasteiger partial charge in [-0.15, -0.1) is 0 Å². The lowest BCUT2D eigenvalue weighted by Gasteiger charge is -2.19. The van der Waals surface area contributed by atoms with E-state index in [4.69, 9.17) is 10.5 Å². The van der Waals surface area contributed by atoms with Crippen molar-refractivity contribution in [3.05, 3.63) is 59.4 Å². The van der Waals surface area contributed by atoms with Crippen LogP contribution in [0.3, 0.4) is 0 Å². The zero-order valence-corrected chi connectivity index (χ0v) is 12.4. The number of benzene rings is 1. The summed E-state index contributed by atoms with van der Waals surface area (Å²) in [4.78, 5) is 4.41. The first kappa shape index (κ1) is 14.5. The molecule has 2 N–H and O–H groups in total. The molecule has 0 saturated carbocycles. The summed E-state index contributed by atoms with van der Waals surface area (Å²) >= 11 is 0. The SMILES string of the molecule is CC(C)(C)c1ccc(OCc2cccc(CN)n2)cc1. The van der Waals surface area contributed by atoms with Gasteiger partial charge >= 0.3 is 0 Å². The second-order valence-electron chi connectivity index (χ2n) is 5.89. The van der Waals surface area contributed by atoms with Crippen molar-refractivity contribution in [1.82, 2.24) is 4.98 Å². The molecular formula is C17H22N2O. The van der Waals surface area contributed by atoms with Crippen molar-refractivity contribution in [1.29, 1.82) is 0 Å². The first-order valence-corrected chi connectivity index (χ1v) is 6.87. The Labute approximate surface area is 120 Å². The molecule has 20 heavy (non-hydrogen) atoms. The zero-order valence-electron chi connectivity index (χ0n) is 12.4. The maximum Gasteiger partial charge on any atom is 0.130 e. The summed E-state index contributed by atoms with van der Waals surface area (Å²) in [6.07, 6.45) is 0. The van der Waals surface area contributed by atoms with E-state index in [0.717, 1.165) is 17.1 Å². The third kappa shape index (κ3) is 3.81. The lowest BCUT2D eigenvalue weighted by Crippen LogP contribution is -2.10. The van der Waals surface area contributed by atoms with Crippen LogP contribution in [0.5, 0.6) is 5.75 Å². The van der Waals surface area contributed by atoms with E-state index in [1.165, 1.54) is 5.56 Å². The molecule has 0 atom stereocenters. The quantitative estimate of drug-likeness (QED) is 0.926. The summed E-state index contributed by atoms with van der Waals surface area (Å²) in [5.41, 5.74) is 8.82. The molecule has 3 heteroatoms. The molecule has 2 rings (SSSR count). The molecule has 0 saturated heterocycles. The molecule has 0 bridgehead atoms. The maximum absolute atomic E-state index is 5.76. The van der Waals surface area contributed by atoms with Crippen LogP contribution in [0.2, 0.25) is 0 Å². The van der Waals surface area contributed by atoms with Gasteiger partial charge in [0.15, 0.2) is 0 Å². The predicted molar refractivity (Wildman–Crippen MR) is 81.6 cm³/mol. The van der Waals surface area contributed by atoms with Gasteiger partial charge in [0.05, 0.1) is 11.4 Å². The van der Waals surface area contributed by atoms with Gasteiger partial charge in [0.2, 0.25) is 0 Å². The average molecular weight is 270 g/mol. The van der Waals surface area contributed by atoms with Gasteiger partial charge in [-0.25, -0.2) is 0 Å². The minimum absolute atomic E-state index is 0.162. The highest BCUT2D eigenvalue weighted by Gasteiger charge is 2.12. The number of rotatable bonds is 4. The van der Waals surface area contributed by atoms with Crippen LogP contribution in [0.15, 0.2) is 42.5 Å². The van der Waals surface area contributed by atoms with Crippen molar-refractivity contribution in [3.63, 3.8) is 0 Å². The number of ether oxygens (including phenoxy) is 1. The fourth-order valence-electron chi connectivity index (χ4n) is 1.93. The smallest absolute Gasteiger partial charge is 0.130 e. The van der Waals surface area contributed by atoms with Crippen molar-refractivity contribution in [2.75, 3.05) is 0 Å². The van der Waals surface area contributed by atoms with Crippen LogP contribution in [0.4, 0.5) is 0 Å². The Balaban J connectivity index is 2.00. The molecule has 1 aromatic carbocycles. The highest BCUT2D eigenvalue weighted by atomic mass is 16.5. The molecule has 2 aromatic rings. The fourth-order valence-corrected chi connectivity index (χ4v) is 1.93. The van der Waals surface area contributed by atoms with Gasteiger partial charge in [0.25, 0.3) is 0 Å². The van der Waals surface area contributed by atoms with Gasteiger partial charge in [-0.3, -0.25) is 4.98 Å². The summed E-state index contributed by atoms with van der Waals surface area (Å²) in [5, 5.41) is 0. The van der Waals surface area contributed by atoms with E-state index in [1.54, 1.807) is 0 Å². The summed E-state index contributed by atoms with van der Waals surface area (Å²) in [6, 6.07) is 14.1. The molecule has 0 spiro atoms. The summed E-state index contributed by atoms with van der Waals surface area (Å²) in [5.74, 6) is 0.859. The van der Waals surface area contributed by atoms with E-state index >= 15 is 0 Å². The first-order valence-electron chi connectivity index (χ1n) is 6.87. The number of nitrogens with zero attached hydrogens (tertiary/aromatic N) is 1. The van der Waals surface area contributed by atoms with Gasteiger partial charge in [-0.1, -0.05) is 39.0 Å². The number of nitrogens with two attached hydrogens (primary N) is 1. The second-order valence-corrected chi connectivity index (χ2v) is 5.89. The van der Waals surface area contributed by atoms with Gasteiger partial charge in [-0.2, -0.15) is 0 Å². The highest BCUT2D eigenvalue weighted by Crippen LogP contribution is 2.24. The standard InChI is InChI=1S/C17H22N2O/c1-17(2,3)13-7-9-16(10-8-13)20-12-15-6-4-5-14(11-18)19-15/h4-10H,11-12,18H2,1-3H3. The summed E-state index contributed by atoms with van der Waals surface area (Å²) in [6.45, 7) is 7.51. The molecule has 0 fully saturated rings. The minimum atomic E-state index is 0.162. The Morgan fingerprint density at radius 3 is 2.25 bits per heavy atom. The number of hydrogen-bond acceptors (Lipinski definition) is 3. The Morgan fingerprint density at radius 2 is 1.65 bits per heavy atom. The average Bonchev–Trinajstić information content (AvgIpc) is 2.45. The summed E-state index contributed by atoms with van der Waals surface area (Å²) in [7, 11) is 0. The Morgan fingerprint density at radius 1 is 1.00 bits per heavy atom. The minimum Gasteiger partial charge on any atom is -0.487 e. The molecule has 106 valence electrons. The van der Waals surface area contributed by atoms with E-state index in [2.05, 4.69) is 37.9 Å². The van der Waals surface area contributed by atoms with E-state index in [1.807, 2.05) is 30.3 Å². The number of aromatic nitrogens is 1. The topological polar surface area (TPSA) is 48.1 Å². The molecule has 0 unspecified atom stereocenters. The van der Waals surface area contributed by atoms with Crippen LogP contribution < -0.4 is 10.5 Å². The van der Waals surface area contributed by atoms with E-state index < -0.39 is 0 Å². The number of pyridine rings is 1. The highest BCUT2D eigenvalue weighted by molar-refractivity contribution is 5.31. The van der Waals surface area contributed by atoms with Gasteiger partial charge < -0.3 is 10.5 Å². The first-order chi connectivity index (χ1) is 9.49. The van der Waals surface area contributed by atoms with E-state index in [0.29, 0.717) is 13.2 Å². The van der Waals surface area contributed by atoms with E-state index in [-0.39, 0.29) is 5.41 Å². The molecule has 1 aromatic heterocycles. The molecule has 0 aliphatic rings. The van der Waals surface area contributed by atoms with Crippen LogP contribution in [0.25, 0.3) is 0 Å². The molecule has 0 aliphatic carbocycles. The van der Waals surface area contributed by atoms with Gasteiger partial charge in [0, 0.05) is 6.54 Å². The van der Waals surface area contributed by atoms with Crippen LogP contribution in [-0.4, -0.2) is 4.98 Å². The zero-order chi connectivity index (χ0) is 14.6. The lowest BCUT2D eigenvalue weighted by atomic mass is 9.87. The molecule has 0 amide bonds. The third-order valence-corrected chi connectivity index (χ3v) is 3.18. The van der Waals surface area contributed by atoms with Crippen LogP contribution in [0, 0.1) is 0 Å². The van der Waals surface area contributed by atoms with Crippen molar-refractivity contribution in [2.24, 2.45) is 5.73 Å². The van der Waals surface area contributed by atoms with Gasteiger partial charge in [0.1, 0.15) is 12.4 Å². The molecule has 0 radical (unpaired) electrons. The molecule has 1 heterocycles. The van der Waals surface area contributed by atoms with Crippen LogP contribution in [-0.2, 0) is 18.6 Å². The monoisotopic (exact) mass is 270 g/mol. The van der Waals surface area contributed by atoms with E-state index in [9.17, 15) is 0 Å². The van der Waals surface area contributed by atoms with Crippen molar-refractivity contribution in [2.45, 2.75) is 39.3 Å². The molecule has 3 nitrogen and oxygen atoms in total. The van der Waals surface area contributed by atoms with Gasteiger partial charge in [-0.05, 0) is 35.2 Å².